The summed E-state index contributed by atoms with van der Waals surface area (Å²) in [6.45, 7) is 4.29. The van der Waals surface area contributed by atoms with Gasteiger partial charge in [-0.1, -0.05) is 38.8 Å². The fraction of sp³-hybridized carbons (Fsp3) is 0.600. The minimum Gasteiger partial charge on any atom is -0.399 e. The van der Waals surface area contributed by atoms with Gasteiger partial charge in [0, 0.05) is 5.70 Å². The summed E-state index contributed by atoms with van der Waals surface area (Å²) in [6.07, 6.45) is 10.8. The van der Waals surface area contributed by atoms with Crippen molar-refractivity contribution in [3.8, 4) is 0 Å². The maximum atomic E-state index is 5.67. The Morgan fingerprint density at radius 1 is 1.36 bits per heavy atom. The molecule has 0 aliphatic rings. The maximum Gasteiger partial charge on any atom is 0.0270 e. The number of allylic oxidation sites excluding steroid dienone is 3. The normalized spacial score (nSPS) is 12.7. The lowest BCUT2D eigenvalue weighted by molar-refractivity contribution is 0.811. The molecule has 1 heteroatoms. The molecule has 0 saturated carbocycles. The first-order valence-corrected chi connectivity index (χ1v) is 4.43. The third-order valence-electron chi connectivity index (χ3n) is 1.48. The Balaban J connectivity index is 3.53. The van der Waals surface area contributed by atoms with Crippen molar-refractivity contribution in [3.05, 3.63) is 23.9 Å². The van der Waals surface area contributed by atoms with E-state index < -0.39 is 0 Å². The second-order valence-electron chi connectivity index (χ2n) is 2.66. The average molecular weight is 153 g/mol. The monoisotopic (exact) mass is 153 g/mol. The molecule has 0 rings (SSSR count). The largest absolute Gasteiger partial charge is 0.399 e. The molecule has 0 heterocycles. The Morgan fingerprint density at radius 3 is 2.64 bits per heavy atom. The van der Waals surface area contributed by atoms with E-state index in [4.69, 9.17) is 5.73 Å². The first kappa shape index (κ1) is 10.3. The van der Waals surface area contributed by atoms with Gasteiger partial charge in [0.15, 0.2) is 0 Å². The van der Waals surface area contributed by atoms with Gasteiger partial charge in [0.05, 0.1) is 0 Å². The van der Waals surface area contributed by atoms with Gasteiger partial charge in [0.1, 0.15) is 0 Å². The van der Waals surface area contributed by atoms with Crippen molar-refractivity contribution < 1.29 is 0 Å². The zero-order valence-corrected chi connectivity index (χ0v) is 7.64. The van der Waals surface area contributed by atoms with Crippen molar-refractivity contribution in [2.45, 2.75) is 39.5 Å². The van der Waals surface area contributed by atoms with Gasteiger partial charge in [0.25, 0.3) is 0 Å². The van der Waals surface area contributed by atoms with Crippen LogP contribution in [0, 0.1) is 0 Å². The van der Waals surface area contributed by atoms with E-state index in [1.165, 1.54) is 12.8 Å². The maximum absolute atomic E-state index is 5.67. The molecule has 64 valence electrons. The number of hydrogen-bond acceptors (Lipinski definition) is 1. The lowest BCUT2D eigenvalue weighted by Crippen LogP contribution is -1.91. The van der Waals surface area contributed by atoms with E-state index in [0.717, 1.165) is 18.5 Å². The summed E-state index contributed by atoms with van der Waals surface area (Å²) in [4.78, 5) is 0. The van der Waals surface area contributed by atoms with Crippen molar-refractivity contribution in [3.63, 3.8) is 0 Å². The molecule has 1 nitrogen and oxygen atoms in total. The molecular weight excluding hydrogens is 134 g/mol. The molecule has 0 aromatic carbocycles. The minimum atomic E-state index is 0.903. The lowest BCUT2D eigenvalue weighted by Gasteiger charge is -1.92. The highest BCUT2D eigenvalue weighted by Crippen LogP contribution is 1.98. The van der Waals surface area contributed by atoms with Gasteiger partial charge in [-0.05, 0) is 18.9 Å². The average Bonchev–Trinajstić information content (AvgIpc) is 2.01. The summed E-state index contributed by atoms with van der Waals surface area (Å²) >= 11 is 0. The van der Waals surface area contributed by atoms with Crippen LogP contribution in [0.25, 0.3) is 0 Å². The van der Waals surface area contributed by atoms with Gasteiger partial charge in [-0.3, -0.25) is 0 Å². The highest BCUT2D eigenvalue weighted by molar-refractivity contribution is 5.14. The molecular formula is C10H19N. The van der Waals surface area contributed by atoms with Crippen LogP contribution in [0.3, 0.4) is 0 Å². The van der Waals surface area contributed by atoms with Crippen LogP contribution in [0.2, 0.25) is 0 Å². The van der Waals surface area contributed by atoms with Crippen LogP contribution >= 0.6 is 0 Å². The molecule has 0 radical (unpaired) electrons. The van der Waals surface area contributed by atoms with Gasteiger partial charge in [-0.15, -0.1) is 0 Å². The van der Waals surface area contributed by atoms with Crippen LogP contribution in [-0.2, 0) is 0 Å². The molecule has 0 aromatic heterocycles. The molecule has 0 saturated heterocycles. The van der Waals surface area contributed by atoms with Crippen LogP contribution < -0.4 is 5.73 Å². The smallest absolute Gasteiger partial charge is 0.0270 e. The Morgan fingerprint density at radius 2 is 2.09 bits per heavy atom. The van der Waals surface area contributed by atoms with E-state index in [1.54, 1.807) is 0 Å². The number of unbranched alkanes of at least 4 members (excludes halogenated alkanes) is 2. The molecule has 0 aliphatic heterocycles. The van der Waals surface area contributed by atoms with Gasteiger partial charge < -0.3 is 5.73 Å². The van der Waals surface area contributed by atoms with E-state index in [0.29, 0.717) is 0 Å². The number of nitrogens with two attached hydrogens (primary N) is 1. The molecule has 11 heavy (non-hydrogen) atoms. The molecule has 0 aliphatic carbocycles. The van der Waals surface area contributed by atoms with E-state index in [1.807, 2.05) is 6.08 Å². The lowest BCUT2D eigenvalue weighted by atomic mass is 10.2. The van der Waals surface area contributed by atoms with Crippen molar-refractivity contribution in [2.75, 3.05) is 0 Å². The highest BCUT2D eigenvalue weighted by atomic mass is 14.5. The summed E-state index contributed by atoms with van der Waals surface area (Å²) in [5.74, 6) is 0. The fourth-order valence-corrected chi connectivity index (χ4v) is 0.795. The summed E-state index contributed by atoms with van der Waals surface area (Å²) in [5, 5.41) is 0. The molecule has 0 unspecified atom stereocenters. The van der Waals surface area contributed by atoms with Crippen molar-refractivity contribution in [2.24, 2.45) is 5.73 Å². The van der Waals surface area contributed by atoms with E-state index in [-0.39, 0.29) is 0 Å². The molecule has 0 aromatic rings. The second kappa shape index (κ2) is 7.39. The summed E-state index contributed by atoms with van der Waals surface area (Å²) in [7, 11) is 0. The topological polar surface area (TPSA) is 26.0 Å². The summed E-state index contributed by atoms with van der Waals surface area (Å²) in [5.41, 5.74) is 6.58. The third kappa shape index (κ3) is 7.17. The Hall–Kier alpha value is -0.720. The van der Waals surface area contributed by atoms with Crippen molar-refractivity contribution in [1.29, 1.82) is 0 Å². The number of hydrogen-bond donors (Lipinski definition) is 1. The van der Waals surface area contributed by atoms with Gasteiger partial charge >= 0.3 is 0 Å². The Bertz CT molecular complexity index is 134. The van der Waals surface area contributed by atoms with Crippen LogP contribution in [0.1, 0.15) is 39.5 Å². The SMILES string of the molecule is CCC=CC(N)=CCCCC. The van der Waals surface area contributed by atoms with Crippen molar-refractivity contribution >= 4 is 0 Å². The third-order valence-corrected chi connectivity index (χ3v) is 1.48. The van der Waals surface area contributed by atoms with Crippen LogP contribution in [0.5, 0.6) is 0 Å². The predicted molar refractivity (Wildman–Crippen MR) is 51.2 cm³/mol. The molecule has 0 spiro atoms. The highest BCUT2D eigenvalue weighted by Gasteiger charge is 1.82. The molecule has 0 bridgehead atoms. The van der Waals surface area contributed by atoms with E-state index in [2.05, 4.69) is 26.0 Å². The zero-order chi connectivity index (χ0) is 8.53. The van der Waals surface area contributed by atoms with Gasteiger partial charge in [-0.2, -0.15) is 0 Å². The molecule has 0 amide bonds. The van der Waals surface area contributed by atoms with E-state index >= 15 is 0 Å². The molecule has 0 fully saturated rings. The first-order valence-electron chi connectivity index (χ1n) is 4.43. The number of rotatable bonds is 5. The first-order chi connectivity index (χ1) is 5.31. The predicted octanol–water partition coefficient (Wildman–Crippen LogP) is 2.99. The van der Waals surface area contributed by atoms with Crippen LogP contribution in [0.15, 0.2) is 23.9 Å². The van der Waals surface area contributed by atoms with Gasteiger partial charge in [0.2, 0.25) is 0 Å². The molecule has 2 N–H and O–H groups in total. The second-order valence-corrected chi connectivity index (χ2v) is 2.66. The quantitative estimate of drug-likeness (QED) is 0.477. The van der Waals surface area contributed by atoms with Crippen molar-refractivity contribution in [1.82, 2.24) is 0 Å². The zero-order valence-electron chi connectivity index (χ0n) is 7.64. The standard InChI is InChI=1S/C10H19N/c1-3-5-7-9-10(11)8-6-4-2/h6,8-9H,3-5,7,11H2,1-2H3. The Kier molecular flexibility index (Phi) is 6.90. The Labute approximate surface area is 70.0 Å². The van der Waals surface area contributed by atoms with Crippen LogP contribution in [-0.4, -0.2) is 0 Å². The van der Waals surface area contributed by atoms with Gasteiger partial charge in [-0.25, -0.2) is 0 Å². The minimum absolute atomic E-state index is 0.903. The molecule has 0 atom stereocenters. The van der Waals surface area contributed by atoms with Crippen LogP contribution in [0.4, 0.5) is 0 Å². The summed E-state index contributed by atoms with van der Waals surface area (Å²) < 4.78 is 0. The fourth-order valence-electron chi connectivity index (χ4n) is 0.795. The summed E-state index contributed by atoms with van der Waals surface area (Å²) in [6, 6.07) is 0. The van der Waals surface area contributed by atoms with E-state index in [9.17, 15) is 0 Å².